The smallest absolute Gasteiger partial charge is 0.303 e. The minimum atomic E-state index is -0.873. The lowest BCUT2D eigenvalue weighted by Gasteiger charge is -2.21. The summed E-state index contributed by atoms with van der Waals surface area (Å²) in [6.45, 7) is 1.74. The third-order valence-corrected chi connectivity index (χ3v) is 2.84. The van der Waals surface area contributed by atoms with Gasteiger partial charge in [-0.1, -0.05) is 15.9 Å². The van der Waals surface area contributed by atoms with E-state index in [1.165, 1.54) is 0 Å². The number of benzene rings is 1. The molecular weight excluding hydrogens is 276 g/mol. The van der Waals surface area contributed by atoms with Crippen molar-refractivity contribution in [2.45, 2.75) is 25.6 Å². The number of aliphatic carboxylic acids is 1. The van der Waals surface area contributed by atoms with E-state index in [4.69, 9.17) is 14.6 Å². The average molecular weight is 287 g/mol. The van der Waals surface area contributed by atoms with Gasteiger partial charge in [-0.05, 0) is 18.2 Å². The number of hydrogen-bond donors (Lipinski definition) is 1. The van der Waals surface area contributed by atoms with Crippen molar-refractivity contribution in [1.82, 2.24) is 0 Å². The summed E-state index contributed by atoms with van der Waals surface area (Å²) in [4.78, 5) is 10.5. The van der Waals surface area contributed by atoms with E-state index in [1.807, 2.05) is 6.07 Å². The third kappa shape index (κ3) is 2.29. The highest BCUT2D eigenvalue weighted by Crippen LogP contribution is 2.42. The van der Waals surface area contributed by atoms with Crippen LogP contribution in [0.3, 0.4) is 0 Å². The van der Waals surface area contributed by atoms with Gasteiger partial charge in [0.25, 0.3) is 0 Å². The molecule has 0 radical (unpaired) electrons. The number of fused-ring (bicyclic) bond motifs is 1. The molecule has 0 amide bonds. The number of carbonyl (C=O) groups is 1. The SMILES string of the molecule is CC1(CCC(=O)O)Oc2ccc(Br)cc2O1. The van der Waals surface area contributed by atoms with Gasteiger partial charge in [-0.25, -0.2) is 0 Å². The van der Waals surface area contributed by atoms with Gasteiger partial charge in [-0.2, -0.15) is 0 Å². The van der Waals surface area contributed by atoms with Gasteiger partial charge >= 0.3 is 5.97 Å². The highest BCUT2D eigenvalue weighted by Gasteiger charge is 2.36. The maximum absolute atomic E-state index is 10.5. The van der Waals surface area contributed by atoms with Crippen molar-refractivity contribution in [1.29, 1.82) is 0 Å². The molecule has 1 N–H and O–H groups in total. The first-order valence-corrected chi connectivity index (χ1v) is 5.67. The Bertz CT molecular complexity index is 432. The van der Waals surface area contributed by atoms with Crippen LogP contribution >= 0.6 is 15.9 Å². The lowest BCUT2D eigenvalue weighted by molar-refractivity contribution is -0.140. The molecule has 86 valence electrons. The molecule has 4 nitrogen and oxygen atoms in total. The van der Waals surface area contributed by atoms with Gasteiger partial charge < -0.3 is 14.6 Å². The van der Waals surface area contributed by atoms with Gasteiger partial charge in [0.1, 0.15) is 0 Å². The van der Waals surface area contributed by atoms with Crippen molar-refractivity contribution in [3.8, 4) is 11.5 Å². The van der Waals surface area contributed by atoms with Crippen LogP contribution < -0.4 is 9.47 Å². The van der Waals surface area contributed by atoms with Gasteiger partial charge in [0.2, 0.25) is 5.79 Å². The molecule has 1 heterocycles. The summed E-state index contributed by atoms with van der Waals surface area (Å²) in [5, 5.41) is 8.63. The third-order valence-electron chi connectivity index (χ3n) is 2.35. The number of carboxylic acid groups (broad SMARTS) is 1. The molecule has 0 aromatic heterocycles. The van der Waals surface area contributed by atoms with Crippen LogP contribution in [-0.2, 0) is 4.79 Å². The summed E-state index contributed by atoms with van der Waals surface area (Å²) in [5.41, 5.74) is 0. The second kappa shape index (κ2) is 3.97. The molecule has 1 aliphatic heterocycles. The van der Waals surface area contributed by atoms with Crippen molar-refractivity contribution in [2.24, 2.45) is 0 Å². The second-order valence-electron chi connectivity index (χ2n) is 3.82. The topological polar surface area (TPSA) is 55.8 Å². The molecule has 0 saturated carbocycles. The molecule has 0 aliphatic carbocycles. The largest absolute Gasteiger partial charge is 0.481 e. The predicted octanol–water partition coefficient (Wildman–Crippen LogP) is 2.80. The first-order valence-electron chi connectivity index (χ1n) is 4.88. The summed E-state index contributed by atoms with van der Waals surface area (Å²) in [6, 6.07) is 5.46. The van der Waals surface area contributed by atoms with Crippen molar-refractivity contribution in [3.63, 3.8) is 0 Å². The van der Waals surface area contributed by atoms with Gasteiger partial charge in [0.05, 0.1) is 6.42 Å². The van der Waals surface area contributed by atoms with Crippen LogP contribution in [0.4, 0.5) is 0 Å². The summed E-state index contributed by atoms with van der Waals surface area (Å²) in [5.74, 6) is -0.439. The zero-order valence-corrected chi connectivity index (χ0v) is 10.3. The van der Waals surface area contributed by atoms with E-state index in [2.05, 4.69) is 15.9 Å². The highest BCUT2D eigenvalue weighted by atomic mass is 79.9. The Morgan fingerprint density at radius 2 is 2.12 bits per heavy atom. The number of carboxylic acids is 1. The first kappa shape index (κ1) is 11.3. The van der Waals surface area contributed by atoms with E-state index >= 15 is 0 Å². The molecule has 0 bridgehead atoms. The van der Waals surface area contributed by atoms with Crippen LogP contribution in [-0.4, -0.2) is 16.9 Å². The number of ether oxygens (including phenoxy) is 2. The van der Waals surface area contributed by atoms with E-state index in [9.17, 15) is 4.79 Å². The summed E-state index contributed by atoms with van der Waals surface area (Å²) in [6.07, 6.45) is 0.334. The van der Waals surface area contributed by atoms with Crippen LogP contribution in [0.1, 0.15) is 19.8 Å². The van der Waals surface area contributed by atoms with E-state index in [1.54, 1.807) is 19.1 Å². The fraction of sp³-hybridized carbons (Fsp3) is 0.364. The van der Waals surface area contributed by atoms with Crippen molar-refractivity contribution < 1.29 is 19.4 Å². The van der Waals surface area contributed by atoms with Crippen LogP contribution in [0.25, 0.3) is 0 Å². The van der Waals surface area contributed by atoms with Crippen LogP contribution in [0.15, 0.2) is 22.7 Å². The normalized spacial score (nSPS) is 22.1. The molecule has 5 heteroatoms. The maximum Gasteiger partial charge on any atom is 0.303 e. The fourth-order valence-corrected chi connectivity index (χ4v) is 1.91. The van der Waals surface area contributed by atoms with Crippen molar-refractivity contribution >= 4 is 21.9 Å². The minimum Gasteiger partial charge on any atom is -0.481 e. The number of halogens is 1. The van der Waals surface area contributed by atoms with Crippen LogP contribution in [0.2, 0.25) is 0 Å². The Labute approximate surface area is 101 Å². The molecule has 1 unspecified atom stereocenters. The fourth-order valence-electron chi connectivity index (χ4n) is 1.57. The zero-order chi connectivity index (χ0) is 11.8. The first-order chi connectivity index (χ1) is 7.48. The van der Waals surface area contributed by atoms with Crippen molar-refractivity contribution in [3.05, 3.63) is 22.7 Å². The Kier molecular flexibility index (Phi) is 2.80. The molecule has 1 aliphatic rings. The average Bonchev–Trinajstić information content (AvgIpc) is 2.51. The Hall–Kier alpha value is -1.23. The lowest BCUT2D eigenvalue weighted by Crippen LogP contribution is -2.35. The quantitative estimate of drug-likeness (QED) is 0.928. The maximum atomic E-state index is 10.5. The number of rotatable bonds is 3. The summed E-state index contributed by atoms with van der Waals surface area (Å²) < 4.78 is 12.1. The molecule has 16 heavy (non-hydrogen) atoms. The van der Waals surface area contributed by atoms with E-state index in [0.717, 1.165) is 4.47 Å². The van der Waals surface area contributed by atoms with Crippen LogP contribution in [0.5, 0.6) is 11.5 Å². The molecule has 1 aromatic carbocycles. The van der Waals surface area contributed by atoms with Gasteiger partial charge in [0.15, 0.2) is 11.5 Å². The Morgan fingerprint density at radius 3 is 2.81 bits per heavy atom. The molecular formula is C11H11BrO4. The predicted molar refractivity (Wildman–Crippen MR) is 60.7 cm³/mol. The van der Waals surface area contributed by atoms with Gasteiger partial charge in [-0.15, -0.1) is 0 Å². The Morgan fingerprint density at radius 1 is 1.44 bits per heavy atom. The minimum absolute atomic E-state index is 0.0195. The standard InChI is InChI=1S/C11H11BrO4/c1-11(5-4-10(13)14)15-8-3-2-7(12)6-9(8)16-11/h2-3,6H,4-5H2,1H3,(H,13,14). The molecule has 1 aromatic rings. The molecule has 2 rings (SSSR count). The van der Waals surface area contributed by atoms with Crippen molar-refractivity contribution in [2.75, 3.05) is 0 Å². The lowest BCUT2D eigenvalue weighted by atomic mass is 10.2. The summed E-state index contributed by atoms with van der Waals surface area (Å²) in [7, 11) is 0. The molecule has 1 atom stereocenters. The van der Waals surface area contributed by atoms with Crippen LogP contribution in [0, 0.1) is 0 Å². The Balaban J connectivity index is 2.11. The molecule has 0 fully saturated rings. The highest BCUT2D eigenvalue weighted by molar-refractivity contribution is 9.10. The molecule has 0 spiro atoms. The summed E-state index contributed by atoms with van der Waals surface area (Å²) >= 11 is 3.33. The zero-order valence-electron chi connectivity index (χ0n) is 8.70. The van der Waals surface area contributed by atoms with E-state index < -0.39 is 11.8 Å². The molecule has 0 saturated heterocycles. The monoisotopic (exact) mass is 286 g/mol. The number of hydrogen-bond acceptors (Lipinski definition) is 3. The van der Waals surface area contributed by atoms with Gasteiger partial charge in [-0.3, -0.25) is 4.79 Å². The van der Waals surface area contributed by atoms with Gasteiger partial charge in [0, 0.05) is 17.8 Å². The van der Waals surface area contributed by atoms with E-state index in [0.29, 0.717) is 17.9 Å². The van der Waals surface area contributed by atoms with E-state index in [-0.39, 0.29) is 6.42 Å². The second-order valence-corrected chi connectivity index (χ2v) is 4.74.